The zero-order valence-corrected chi connectivity index (χ0v) is 12.8. The molecule has 0 fully saturated rings. The molecule has 0 saturated carbocycles. The smallest absolute Gasteiger partial charge is 0.338 e. The first-order valence-electron chi connectivity index (χ1n) is 6.77. The van der Waals surface area contributed by atoms with Crippen molar-refractivity contribution in [2.24, 2.45) is 0 Å². The van der Waals surface area contributed by atoms with Crippen molar-refractivity contribution in [2.75, 3.05) is 25.2 Å². The summed E-state index contributed by atoms with van der Waals surface area (Å²) in [5.74, 6) is 0.516. The monoisotopic (exact) mass is 319 g/mol. The molecule has 0 amide bonds. The number of nitrogens with two attached hydrogens (primary N) is 2. The van der Waals surface area contributed by atoms with E-state index in [4.69, 9.17) is 25.7 Å². The summed E-state index contributed by atoms with van der Waals surface area (Å²) in [5, 5.41) is 0. The number of hydrogen-bond donors (Lipinski definition) is 2. The van der Waals surface area contributed by atoms with Crippen LogP contribution >= 0.6 is 0 Å². The minimum Gasteiger partial charge on any atom is -0.493 e. The highest BCUT2D eigenvalue weighted by atomic mass is 16.5. The zero-order valence-electron chi connectivity index (χ0n) is 12.8. The first-order valence-corrected chi connectivity index (χ1v) is 6.77. The lowest BCUT2D eigenvalue weighted by molar-refractivity contribution is 0.0461. The summed E-state index contributed by atoms with van der Waals surface area (Å²) < 4.78 is 15.7. The van der Waals surface area contributed by atoms with E-state index in [1.54, 1.807) is 12.1 Å². The number of carbonyl (C=O) groups is 1. The maximum absolute atomic E-state index is 12.1. The van der Waals surface area contributed by atoms with E-state index in [-0.39, 0.29) is 24.3 Å². The van der Waals surface area contributed by atoms with Crippen molar-refractivity contribution >= 4 is 17.9 Å². The van der Waals surface area contributed by atoms with Crippen molar-refractivity contribution in [3.63, 3.8) is 0 Å². The molecule has 1 aromatic heterocycles. The van der Waals surface area contributed by atoms with Gasteiger partial charge in [-0.05, 0) is 25.1 Å². The summed E-state index contributed by atoms with van der Waals surface area (Å²) in [6.07, 6.45) is 0. The molecule has 23 heavy (non-hydrogen) atoms. The van der Waals surface area contributed by atoms with Gasteiger partial charge in [0.05, 0.1) is 19.3 Å². The lowest BCUT2D eigenvalue weighted by atomic mass is 10.2. The number of aromatic nitrogens is 3. The number of rotatable bonds is 6. The van der Waals surface area contributed by atoms with Crippen molar-refractivity contribution in [3.05, 3.63) is 29.6 Å². The van der Waals surface area contributed by atoms with Crippen LogP contribution in [0, 0.1) is 0 Å². The predicted molar refractivity (Wildman–Crippen MR) is 81.9 cm³/mol. The van der Waals surface area contributed by atoms with Crippen LogP contribution in [-0.4, -0.2) is 34.6 Å². The maximum Gasteiger partial charge on any atom is 0.338 e. The Morgan fingerprint density at radius 2 is 1.83 bits per heavy atom. The van der Waals surface area contributed by atoms with Crippen LogP contribution in [0.15, 0.2) is 18.2 Å². The lowest BCUT2D eigenvalue weighted by Gasteiger charge is -2.10. The van der Waals surface area contributed by atoms with Crippen molar-refractivity contribution in [2.45, 2.75) is 13.5 Å². The van der Waals surface area contributed by atoms with Crippen LogP contribution in [0.2, 0.25) is 0 Å². The molecule has 122 valence electrons. The Hall–Kier alpha value is -3.10. The Morgan fingerprint density at radius 1 is 1.13 bits per heavy atom. The molecule has 9 nitrogen and oxygen atoms in total. The molecule has 9 heteroatoms. The first-order chi connectivity index (χ1) is 11.0. The second-order valence-corrected chi connectivity index (χ2v) is 4.34. The van der Waals surface area contributed by atoms with Gasteiger partial charge < -0.3 is 25.7 Å². The molecule has 2 aromatic rings. The molecule has 0 unspecified atom stereocenters. The highest BCUT2D eigenvalue weighted by molar-refractivity contribution is 5.90. The maximum atomic E-state index is 12.1. The van der Waals surface area contributed by atoms with Gasteiger partial charge in [-0.3, -0.25) is 0 Å². The van der Waals surface area contributed by atoms with E-state index in [1.807, 2.05) is 6.92 Å². The fourth-order valence-corrected chi connectivity index (χ4v) is 1.80. The van der Waals surface area contributed by atoms with Crippen LogP contribution in [0.25, 0.3) is 0 Å². The molecular weight excluding hydrogens is 302 g/mol. The van der Waals surface area contributed by atoms with E-state index in [0.717, 1.165) is 0 Å². The van der Waals surface area contributed by atoms with Gasteiger partial charge >= 0.3 is 5.97 Å². The Kier molecular flexibility index (Phi) is 5.13. The van der Waals surface area contributed by atoms with E-state index in [0.29, 0.717) is 23.7 Å². The van der Waals surface area contributed by atoms with Crippen LogP contribution in [0.3, 0.4) is 0 Å². The van der Waals surface area contributed by atoms with E-state index < -0.39 is 5.97 Å². The number of benzene rings is 1. The fraction of sp³-hybridized carbons (Fsp3) is 0.286. The van der Waals surface area contributed by atoms with Crippen LogP contribution in [0.1, 0.15) is 23.1 Å². The Bertz CT molecular complexity index is 687. The highest BCUT2D eigenvalue weighted by Gasteiger charge is 2.13. The predicted octanol–water partition coefficient (Wildman–Crippen LogP) is 0.800. The van der Waals surface area contributed by atoms with Crippen LogP contribution in [0.5, 0.6) is 11.5 Å². The third-order valence-electron chi connectivity index (χ3n) is 2.75. The van der Waals surface area contributed by atoms with Gasteiger partial charge in [0.1, 0.15) is 0 Å². The average Bonchev–Trinajstić information content (AvgIpc) is 2.52. The molecule has 0 saturated heterocycles. The van der Waals surface area contributed by atoms with Gasteiger partial charge in [0.2, 0.25) is 11.9 Å². The number of methoxy groups -OCH3 is 1. The summed E-state index contributed by atoms with van der Waals surface area (Å²) in [7, 11) is 1.49. The molecule has 0 aliphatic rings. The minimum atomic E-state index is -0.566. The Balaban J connectivity index is 2.08. The topological polar surface area (TPSA) is 135 Å². The first kappa shape index (κ1) is 16.3. The molecule has 0 radical (unpaired) electrons. The van der Waals surface area contributed by atoms with Gasteiger partial charge in [0.15, 0.2) is 23.9 Å². The zero-order chi connectivity index (χ0) is 16.8. The van der Waals surface area contributed by atoms with Crippen LogP contribution in [0.4, 0.5) is 11.9 Å². The van der Waals surface area contributed by atoms with Gasteiger partial charge in [-0.25, -0.2) is 4.79 Å². The summed E-state index contributed by atoms with van der Waals surface area (Å²) in [4.78, 5) is 23.4. The molecule has 0 aliphatic heterocycles. The molecule has 1 aromatic carbocycles. The third kappa shape index (κ3) is 4.19. The number of carbonyl (C=O) groups excluding carboxylic acids is 1. The lowest BCUT2D eigenvalue weighted by Crippen LogP contribution is -2.11. The summed E-state index contributed by atoms with van der Waals surface area (Å²) >= 11 is 0. The van der Waals surface area contributed by atoms with Gasteiger partial charge in [-0.1, -0.05) is 0 Å². The number of nitrogen functional groups attached to an aromatic ring is 2. The van der Waals surface area contributed by atoms with Crippen LogP contribution in [-0.2, 0) is 11.3 Å². The summed E-state index contributed by atoms with van der Waals surface area (Å²) in [6, 6.07) is 4.74. The van der Waals surface area contributed by atoms with E-state index in [2.05, 4.69) is 15.0 Å². The average molecular weight is 319 g/mol. The normalized spacial score (nSPS) is 10.2. The van der Waals surface area contributed by atoms with Gasteiger partial charge in [-0.2, -0.15) is 15.0 Å². The molecule has 0 aliphatic carbocycles. The minimum absolute atomic E-state index is 0.0358. The van der Waals surface area contributed by atoms with Gasteiger partial charge in [0, 0.05) is 0 Å². The highest BCUT2D eigenvalue weighted by Crippen LogP contribution is 2.28. The molecule has 0 spiro atoms. The SMILES string of the molecule is CCOc1ccc(C(=O)OCc2nc(N)nc(N)n2)cc1OC. The number of esters is 1. The quantitative estimate of drug-likeness (QED) is 0.741. The fourth-order valence-electron chi connectivity index (χ4n) is 1.80. The van der Waals surface area contributed by atoms with E-state index in [1.165, 1.54) is 13.2 Å². The molecule has 0 bridgehead atoms. The van der Waals surface area contributed by atoms with Gasteiger partial charge in [-0.15, -0.1) is 0 Å². The summed E-state index contributed by atoms with van der Waals surface area (Å²) in [5.41, 5.74) is 11.2. The van der Waals surface area contributed by atoms with Crippen molar-refractivity contribution in [1.82, 2.24) is 15.0 Å². The molecule has 0 atom stereocenters. The molecule has 2 rings (SSSR count). The molecule has 1 heterocycles. The van der Waals surface area contributed by atoms with Crippen molar-refractivity contribution in [3.8, 4) is 11.5 Å². The van der Waals surface area contributed by atoms with Gasteiger partial charge in [0.25, 0.3) is 0 Å². The van der Waals surface area contributed by atoms with Crippen molar-refractivity contribution in [1.29, 1.82) is 0 Å². The second-order valence-electron chi connectivity index (χ2n) is 4.34. The number of anilines is 2. The largest absolute Gasteiger partial charge is 0.493 e. The molecular formula is C14H17N5O4. The van der Waals surface area contributed by atoms with E-state index in [9.17, 15) is 4.79 Å². The van der Waals surface area contributed by atoms with Crippen molar-refractivity contribution < 1.29 is 19.0 Å². The number of hydrogen-bond acceptors (Lipinski definition) is 9. The van der Waals surface area contributed by atoms with Crippen LogP contribution < -0.4 is 20.9 Å². The Morgan fingerprint density at radius 3 is 2.43 bits per heavy atom. The van der Waals surface area contributed by atoms with E-state index >= 15 is 0 Å². The number of ether oxygens (including phenoxy) is 3. The standard InChI is InChI=1S/C14H17N5O4/c1-3-22-9-5-4-8(6-10(9)21-2)12(20)23-7-11-17-13(15)19-14(16)18-11/h4-6H,3,7H2,1-2H3,(H4,15,16,17,18,19). The Labute approximate surface area is 132 Å². The number of nitrogens with zero attached hydrogens (tertiary/aromatic N) is 3. The summed E-state index contributed by atoms with van der Waals surface area (Å²) in [6.45, 7) is 2.17. The third-order valence-corrected chi connectivity index (χ3v) is 2.75. The molecule has 4 N–H and O–H groups in total. The second kappa shape index (κ2) is 7.25.